The maximum absolute atomic E-state index is 14.8. The maximum Gasteiger partial charge on any atom is -0.147 e. The summed E-state index contributed by atoms with van der Waals surface area (Å²) >= 11 is -5.54. The first-order chi connectivity index (χ1) is 10.9. The number of rotatable bonds is 4. The summed E-state index contributed by atoms with van der Waals surface area (Å²) in [5, 5.41) is 1.76. The third-order valence-corrected chi connectivity index (χ3v) is 22.3. The summed E-state index contributed by atoms with van der Waals surface area (Å²) < 4.78 is 26.9. The van der Waals surface area contributed by atoms with Crippen LogP contribution in [0, 0.1) is 0 Å². The van der Waals surface area contributed by atoms with E-state index >= 15 is 0 Å². The van der Waals surface area contributed by atoms with Crippen molar-refractivity contribution in [2.24, 2.45) is 0 Å². The molecule has 0 aliphatic heterocycles. The van der Waals surface area contributed by atoms with Gasteiger partial charge in [0.2, 0.25) is 0 Å². The monoisotopic (exact) mass is 466 g/mol. The Bertz CT molecular complexity index is 960. The molecule has 0 spiro atoms. The molecule has 2 aromatic carbocycles. The summed E-state index contributed by atoms with van der Waals surface area (Å²) in [4.78, 5) is 0. The summed E-state index contributed by atoms with van der Waals surface area (Å²) in [6.07, 6.45) is 0. The molecule has 1 aliphatic rings. The van der Waals surface area contributed by atoms with E-state index in [2.05, 4.69) is 43.9 Å². The van der Waals surface area contributed by atoms with Crippen molar-refractivity contribution >= 4 is 40.8 Å². The Morgan fingerprint density at radius 1 is 0.923 bits per heavy atom. The molecule has 2 aromatic rings. The van der Waals surface area contributed by atoms with Crippen molar-refractivity contribution in [3.63, 3.8) is 0 Å². The van der Waals surface area contributed by atoms with Crippen molar-refractivity contribution in [2.75, 3.05) is 7.11 Å². The molecule has 26 heavy (non-hydrogen) atoms. The van der Waals surface area contributed by atoms with Crippen LogP contribution in [0.5, 0.6) is 0 Å². The molecule has 0 N–H and O–H groups in total. The molecular weight excluding hydrogens is 439 g/mol. The minimum atomic E-state index is -5.54. The van der Waals surface area contributed by atoms with Gasteiger partial charge in [-0.2, -0.15) is 0 Å². The van der Waals surface area contributed by atoms with Crippen LogP contribution in [0.2, 0.25) is 24.9 Å². The van der Waals surface area contributed by atoms with Crippen molar-refractivity contribution in [1.29, 1.82) is 0 Å². The zero-order valence-corrected chi connectivity index (χ0v) is 21.6. The molecule has 3 rings (SSSR count). The maximum atomic E-state index is 14.8. The van der Waals surface area contributed by atoms with Crippen molar-refractivity contribution in [1.82, 2.24) is 0 Å². The van der Waals surface area contributed by atoms with Crippen LogP contribution in [0.3, 0.4) is 0 Å². The fraction of sp³-hybridized carbons (Fsp3) is 0.333. The Hall–Kier alpha value is -0.112. The smallest absolute Gasteiger partial charge is 0.147 e. The standard InChI is InChI=1S/C13H9.C3H9OSi.CH3O.CH3.2ClH.O.H2Si.Ti/c1-3-7-12-10(5-1)9-11-6-2-4-8-13(11)12;1-5(2,3)4;1-2;;;;;;/h1-9H;1-3H3;1H3;1H3;2*1H;;1H2;/q;2*-1;;;;;;+2. The average Bonchev–Trinajstić information content (AvgIpc) is 2.81. The molecule has 3 nitrogen and oxygen atoms in total. The summed E-state index contributed by atoms with van der Waals surface area (Å²) in [5.41, 5.74) is 4.37. The largest absolute Gasteiger partial charge is 0.147 e. The third kappa shape index (κ3) is 3.87. The number of hydrogen-bond acceptors (Lipinski definition) is 3. The van der Waals surface area contributed by atoms with Gasteiger partial charge in [0.25, 0.3) is 0 Å². The Kier molecular flexibility index (Phi) is 6.21. The van der Waals surface area contributed by atoms with E-state index in [-0.39, 0.29) is 29.0 Å². The Labute approximate surface area is 170 Å². The first-order valence-electron chi connectivity index (χ1n) is 8.35. The molecule has 0 heterocycles. The van der Waals surface area contributed by atoms with E-state index in [1.807, 2.05) is 24.3 Å². The summed E-state index contributed by atoms with van der Waals surface area (Å²) in [6.45, 7) is 6.20. The Morgan fingerprint density at radius 3 is 1.65 bits per heavy atom. The van der Waals surface area contributed by atoms with Gasteiger partial charge in [-0.05, 0) is 0 Å². The van der Waals surface area contributed by atoms with E-state index in [1.54, 1.807) is 12.3 Å². The zero-order valence-electron chi connectivity index (χ0n) is 15.9. The molecule has 0 saturated heterocycles. The molecule has 144 valence electrons. The van der Waals surface area contributed by atoms with Crippen LogP contribution in [0.25, 0.3) is 11.1 Å². The number of benzene rings is 2. The van der Waals surface area contributed by atoms with Crippen molar-refractivity contribution in [3.8, 4) is 11.1 Å². The normalized spacial score (nSPS) is 15.0. The molecule has 0 atom stereocenters. The van der Waals surface area contributed by atoms with Crippen LogP contribution >= 0.6 is 24.8 Å². The van der Waals surface area contributed by atoms with Gasteiger partial charge in [-0.1, -0.05) is 0 Å². The molecule has 0 saturated carbocycles. The van der Waals surface area contributed by atoms with Crippen LogP contribution in [0.4, 0.5) is 0 Å². The molecule has 8 heteroatoms. The number of hydrogen-bond donors (Lipinski definition) is 0. The third-order valence-electron chi connectivity index (χ3n) is 4.94. The number of halogens is 2. The number of fused-ring (bicyclic) bond motifs is 3. The summed E-state index contributed by atoms with van der Waals surface area (Å²) in [7, 11) is 0.910. The second-order valence-corrected chi connectivity index (χ2v) is 31.4. The van der Waals surface area contributed by atoms with Crippen LogP contribution in [-0.4, -0.2) is 23.1 Å². The molecule has 0 amide bonds. The fourth-order valence-electron chi connectivity index (χ4n) is 4.24. The molecule has 0 unspecified atom stereocenters. The summed E-state index contributed by atoms with van der Waals surface area (Å²) in [5.74, 6) is 0. The van der Waals surface area contributed by atoms with E-state index in [9.17, 15) is 3.32 Å². The molecule has 0 radical (unpaired) electrons. The minimum absolute atomic E-state index is 0. The summed E-state index contributed by atoms with van der Waals surface area (Å²) in [6, 6.07) is 16.4. The van der Waals surface area contributed by atoms with Gasteiger partial charge in [-0.25, -0.2) is 0 Å². The average molecular weight is 467 g/mol. The van der Waals surface area contributed by atoms with Gasteiger partial charge in [0.15, 0.2) is 0 Å². The molecule has 0 fully saturated rings. The first-order valence-corrected chi connectivity index (χ1v) is 20.2. The predicted octanol–water partition coefficient (Wildman–Crippen LogP) is 5.09. The Morgan fingerprint density at radius 2 is 1.31 bits per heavy atom. The van der Waals surface area contributed by atoms with Gasteiger partial charge in [0.1, 0.15) is 0 Å². The van der Waals surface area contributed by atoms with Crippen LogP contribution < -0.4 is 0 Å². The fourth-order valence-corrected chi connectivity index (χ4v) is 27.3. The SMILES string of the molecule is C[O][Ti]([CH3])(=[O])(=[SiH2])([O][Si](C)(C)C)[CH]1c2ccccc2-c2ccccc21.Cl.Cl. The molecule has 1 aliphatic carbocycles. The van der Waals surface area contributed by atoms with Crippen molar-refractivity contribution in [3.05, 3.63) is 59.7 Å². The van der Waals surface area contributed by atoms with Gasteiger partial charge in [-0.15, -0.1) is 24.8 Å². The second-order valence-electron chi connectivity index (χ2n) is 8.52. The van der Waals surface area contributed by atoms with Gasteiger partial charge in [0, 0.05) is 0 Å². The van der Waals surface area contributed by atoms with Gasteiger partial charge >= 0.3 is 146 Å². The zero-order chi connectivity index (χ0) is 17.9. The van der Waals surface area contributed by atoms with Crippen LogP contribution in [0.15, 0.2) is 48.5 Å². The van der Waals surface area contributed by atoms with E-state index < -0.39 is 21.8 Å². The van der Waals surface area contributed by atoms with Gasteiger partial charge in [-0.3, -0.25) is 0 Å². The van der Waals surface area contributed by atoms with Crippen LogP contribution in [0.1, 0.15) is 15.3 Å². The molecule has 0 bridgehead atoms. The molecular formula is C18H28Cl2O3Si2Ti. The first kappa shape index (κ1) is 23.9. The van der Waals surface area contributed by atoms with E-state index in [0.29, 0.717) is 0 Å². The predicted molar refractivity (Wildman–Crippen MR) is 115 cm³/mol. The minimum Gasteiger partial charge on any atom is -0.147 e. The van der Waals surface area contributed by atoms with Gasteiger partial charge < -0.3 is 0 Å². The molecule has 0 aromatic heterocycles. The second kappa shape index (κ2) is 6.74. The van der Waals surface area contributed by atoms with Crippen LogP contribution in [-0.2, 0) is 23.2 Å². The van der Waals surface area contributed by atoms with Crippen molar-refractivity contribution < 1.29 is 23.2 Å². The van der Waals surface area contributed by atoms with E-state index in [1.165, 1.54) is 7.63 Å². The van der Waals surface area contributed by atoms with Crippen molar-refractivity contribution in [2.45, 2.75) is 29.1 Å². The Balaban J connectivity index is 0.00000169. The van der Waals surface area contributed by atoms with E-state index in [4.69, 9.17) is 6.33 Å². The topological polar surface area (TPSA) is 35.5 Å². The van der Waals surface area contributed by atoms with Gasteiger partial charge in [0.05, 0.1) is 0 Å². The van der Waals surface area contributed by atoms with E-state index in [0.717, 1.165) is 22.3 Å². The quantitative estimate of drug-likeness (QED) is 0.588.